The second kappa shape index (κ2) is 2.67. The summed E-state index contributed by atoms with van der Waals surface area (Å²) in [7, 11) is 0. The molecule has 0 aliphatic heterocycles. The van der Waals surface area contributed by atoms with Crippen LogP contribution in [-0.4, -0.2) is 15.0 Å². The zero-order chi connectivity index (χ0) is 7.56. The molecule has 1 aromatic rings. The number of nitriles is 1. The van der Waals surface area contributed by atoms with Crippen molar-refractivity contribution in [3.63, 3.8) is 0 Å². The van der Waals surface area contributed by atoms with Crippen LogP contribution in [0.3, 0.4) is 0 Å². The third-order valence-electron chi connectivity index (χ3n) is 1.00. The van der Waals surface area contributed by atoms with Crippen LogP contribution in [0.4, 0.5) is 0 Å². The molecule has 0 saturated carbocycles. The average molecular weight is 157 g/mol. The van der Waals surface area contributed by atoms with Crippen molar-refractivity contribution >= 4 is 11.6 Å². The Bertz CT molecular complexity index is 272. The first-order valence-electron chi connectivity index (χ1n) is 2.78. The Balaban J connectivity index is 3.07. The number of halogens is 1. The zero-order valence-electron chi connectivity index (χ0n) is 5.37. The van der Waals surface area contributed by atoms with Gasteiger partial charge < -0.3 is 0 Å². The van der Waals surface area contributed by atoms with Crippen LogP contribution in [0.1, 0.15) is 12.6 Å². The summed E-state index contributed by atoms with van der Waals surface area (Å²) >= 11 is 5.51. The van der Waals surface area contributed by atoms with Gasteiger partial charge in [0.25, 0.3) is 0 Å². The highest BCUT2D eigenvalue weighted by Crippen LogP contribution is 2.06. The van der Waals surface area contributed by atoms with Gasteiger partial charge in [-0.05, 0) is 6.92 Å². The van der Waals surface area contributed by atoms with Crippen LogP contribution < -0.4 is 0 Å². The molecule has 0 aliphatic rings. The van der Waals surface area contributed by atoms with E-state index in [-0.39, 0.29) is 10.8 Å². The summed E-state index contributed by atoms with van der Waals surface area (Å²) in [6.07, 6.45) is 0. The summed E-state index contributed by atoms with van der Waals surface area (Å²) in [6, 6.07) is 1.82. The van der Waals surface area contributed by atoms with Gasteiger partial charge in [-0.25, -0.2) is 0 Å². The molecule has 0 fully saturated rings. The Labute approximate surface area is 63.0 Å². The molecular formula is C5H5ClN4. The largest absolute Gasteiger partial charge is 0.201 e. The second-order valence-electron chi connectivity index (χ2n) is 1.64. The van der Waals surface area contributed by atoms with Crippen LogP contribution in [0, 0.1) is 11.3 Å². The Hall–Kier alpha value is -1.08. The van der Waals surface area contributed by atoms with E-state index in [1.807, 2.05) is 13.0 Å². The highest BCUT2D eigenvalue weighted by molar-refractivity contribution is 6.30. The van der Waals surface area contributed by atoms with Crippen molar-refractivity contribution in [2.45, 2.75) is 13.5 Å². The predicted octanol–water partition coefficient (Wildman–Crippen LogP) is 0.823. The third kappa shape index (κ3) is 1.09. The van der Waals surface area contributed by atoms with Crippen LogP contribution in [0.25, 0.3) is 0 Å². The molecule has 0 radical (unpaired) electrons. The minimum Gasteiger partial charge on any atom is -0.191 e. The van der Waals surface area contributed by atoms with E-state index >= 15 is 0 Å². The van der Waals surface area contributed by atoms with Gasteiger partial charge in [-0.15, -0.1) is 10.2 Å². The van der Waals surface area contributed by atoms with Crippen LogP contribution in [-0.2, 0) is 6.54 Å². The molecular weight excluding hydrogens is 152 g/mol. The minimum absolute atomic E-state index is 0.171. The molecule has 4 nitrogen and oxygen atoms in total. The molecule has 10 heavy (non-hydrogen) atoms. The summed E-state index contributed by atoms with van der Waals surface area (Å²) in [5.74, 6) is 0. The van der Waals surface area contributed by atoms with Crippen LogP contribution in [0.15, 0.2) is 0 Å². The molecule has 1 aromatic heterocycles. The Morgan fingerprint density at radius 2 is 2.40 bits per heavy atom. The molecule has 1 rings (SSSR count). The van der Waals surface area contributed by atoms with Crippen molar-refractivity contribution in [1.29, 1.82) is 5.26 Å². The first-order chi connectivity index (χ1) is 4.77. The summed E-state index contributed by atoms with van der Waals surface area (Å²) in [6.45, 7) is 2.50. The van der Waals surface area contributed by atoms with Gasteiger partial charge in [0.2, 0.25) is 5.69 Å². The molecule has 0 amide bonds. The number of hydrogen-bond donors (Lipinski definition) is 0. The standard InChI is InChI=1S/C5H5ClN4/c1-2-10-8-4(3-7)5(6)9-10/h2H2,1H3. The van der Waals surface area contributed by atoms with Crippen molar-refractivity contribution in [2.24, 2.45) is 0 Å². The van der Waals surface area contributed by atoms with E-state index < -0.39 is 0 Å². The molecule has 0 spiro atoms. The third-order valence-corrected chi connectivity index (χ3v) is 1.26. The maximum Gasteiger partial charge on any atom is 0.201 e. The monoisotopic (exact) mass is 156 g/mol. The molecule has 0 atom stereocenters. The van der Waals surface area contributed by atoms with Crippen LogP contribution in [0.2, 0.25) is 5.15 Å². The summed E-state index contributed by atoms with van der Waals surface area (Å²) in [4.78, 5) is 1.38. The van der Waals surface area contributed by atoms with Gasteiger partial charge in [-0.1, -0.05) is 11.6 Å². The van der Waals surface area contributed by atoms with E-state index in [9.17, 15) is 0 Å². The molecule has 0 aliphatic carbocycles. The first kappa shape index (κ1) is 7.03. The predicted molar refractivity (Wildman–Crippen MR) is 35.4 cm³/mol. The van der Waals surface area contributed by atoms with Gasteiger partial charge in [0.15, 0.2) is 5.15 Å². The molecule has 0 aromatic carbocycles. The minimum atomic E-state index is 0.171. The Morgan fingerprint density at radius 1 is 1.70 bits per heavy atom. The normalized spacial score (nSPS) is 9.30. The quantitative estimate of drug-likeness (QED) is 0.605. The van der Waals surface area contributed by atoms with E-state index in [1.165, 1.54) is 4.80 Å². The van der Waals surface area contributed by atoms with Gasteiger partial charge in [-0.2, -0.15) is 10.1 Å². The van der Waals surface area contributed by atoms with Crippen molar-refractivity contribution in [3.05, 3.63) is 10.8 Å². The highest BCUT2D eigenvalue weighted by Gasteiger charge is 2.04. The van der Waals surface area contributed by atoms with Crippen LogP contribution >= 0.6 is 11.6 Å². The molecule has 0 bridgehead atoms. The summed E-state index contributed by atoms with van der Waals surface area (Å²) in [5.41, 5.74) is 0.184. The first-order valence-corrected chi connectivity index (χ1v) is 3.16. The van der Waals surface area contributed by atoms with Crippen molar-refractivity contribution in [2.75, 3.05) is 0 Å². The second-order valence-corrected chi connectivity index (χ2v) is 2.00. The molecule has 52 valence electrons. The van der Waals surface area contributed by atoms with Gasteiger partial charge in [0.05, 0.1) is 6.54 Å². The van der Waals surface area contributed by atoms with E-state index in [0.717, 1.165) is 0 Å². The number of aromatic nitrogens is 3. The lowest BCUT2D eigenvalue weighted by molar-refractivity contribution is 0.568. The fraction of sp³-hybridized carbons (Fsp3) is 0.400. The lowest BCUT2D eigenvalue weighted by Gasteiger charge is -1.85. The lowest BCUT2D eigenvalue weighted by atomic mass is 10.5. The number of nitrogens with zero attached hydrogens (tertiary/aromatic N) is 4. The van der Waals surface area contributed by atoms with E-state index in [0.29, 0.717) is 6.54 Å². The van der Waals surface area contributed by atoms with E-state index in [1.54, 1.807) is 0 Å². The molecule has 0 N–H and O–H groups in total. The average Bonchev–Trinajstić information content (AvgIpc) is 2.30. The van der Waals surface area contributed by atoms with Crippen molar-refractivity contribution in [3.8, 4) is 6.07 Å². The number of hydrogen-bond acceptors (Lipinski definition) is 3. The maximum absolute atomic E-state index is 8.38. The summed E-state index contributed by atoms with van der Waals surface area (Å²) in [5, 5.41) is 16.1. The number of aryl methyl sites for hydroxylation is 1. The van der Waals surface area contributed by atoms with E-state index in [4.69, 9.17) is 16.9 Å². The Morgan fingerprint density at radius 3 is 2.70 bits per heavy atom. The van der Waals surface area contributed by atoms with Gasteiger partial charge in [0.1, 0.15) is 6.07 Å². The van der Waals surface area contributed by atoms with Crippen molar-refractivity contribution in [1.82, 2.24) is 15.0 Å². The fourth-order valence-corrected chi connectivity index (χ4v) is 0.705. The van der Waals surface area contributed by atoms with Gasteiger partial charge in [-0.3, -0.25) is 0 Å². The lowest BCUT2D eigenvalue weighted by Crippen LogP contribution is -1.98. The van der Waals surface area contributed by atoms with Gasteiger partial charge in [0, 0.05) is 0 Å². The van der Waals surface area contributed by atoms with E-state index in [2.05, 4.69) is 10.2 Å². The molecule has 0 saturated heterocycles. The Kier molecular flexibility index (Phi) is 1.88. The summed E-state index contributed by atoms with van der Waals surface area (Å²) < 4.78 is 0. The molecule has 5 heteroatoms. The maximum atomic E-state index is 8.38. The number of rotatable bonds is 1. The SMILES string of the molecule is CCn1nc(Cl)c(C#N)n1. The highest BCUT2D eigenvalue weighted by atomic mass is 35.5. The van der Waals surface area contributed by atoms with Crippen LogP contribution in [0.5, 0.6) is 0 Å². The van der Waals surface area contributed by atoms with Gasteiger partial charge >= 0.3 is 0 Å². The molecule has 0 unspecified atom stereocenters. The zero-order valence-corrected chi connectivity index (χ0v) is 6.13. The fourth-order valence-electron chi connectivity index (χ4n) is 0.538. The smallest absolute Gasteiger partial charge is 0.191 e. The molecule has 1 heterocycles. The topological polar surface area (TPSA) is 54.5 Å². The van der Waals surface area contributed by atoms with Crippen molar-refractivity contribution < 1.29 is 0 Å².